The summed E-state index contributed by atoms with van der Waals surface area (Å²) in [5.74, 6) is -3.01. The average molecular weight is 156 g/mol. The molecule has 1 saturated heterocycles. The van der Waals surface area contributed by atoms with E-state index in [-0.39, 0.29) is 0 Å². The van der Waals surface area contributed by atoms with Crippen molar-refractivity contribution in [3.05, 3.63) is 0 Å². The lowest BCUT2D eigenvalue weighted by Crippen LogP contribution is -2.48. The van der Waals surface area contributed by atoms with Gasteiger partial charge < -0.3 is 4.74 Å². The predicted octanol–water partition coefficient (Wildman–Crippen LogP) is 1.78. The quantitative estimate of drug-likeness (QED) is 0.485. The minimum atomic E-state index is -3.31. The minimum absolute atomic E-state index is 0.546. The molecule has 1 saturated carbocycles. The molecular formula is C5H4F4O. The van der Waals surface area contributed by atoms with Crippen molar-refractivity contribution in [2.75, 3.05) is 0 Å². The van der Waals surface area contributed by atoms with E-state index in [9.17, 15) is 17.6 Å². The van der Waals surface area contributed by atoms with E-state index in [0.717, 1.165) is 0 Å². The van der Waals surface area contributed by atoms with E-state index in [1.54, 1.807) is 0 Å². The third-order valence-corrected chi connectivity index (χ3v) is 1.89. The van der Waals surface area contributed by atoms with Crippen molar-refractivity contribution in [2.24, 2.45) is 0 Å². The second kappa shape index (κ2) is 1.20. The molecule has 58 valence electrons. The van der Waals surface area contributed by atoms with E-state index in [1.165, 1.54) is 0 Å². The van der Waals surface area contributed by atoms with Crippen LogP contribution in [0, 0.1) is 0 Å². The first-order valence-corrected chi connectivity index (χ1v) is 2.83. The number of hydrogen-bond acceptors (Lipinski definition) is 1. The first kappa shape index (κ1) is 6.39. The monoisotopic (exact) mass is 156 g/mol. The van der Waals surface area contributed by atoms with Gasteiger partial charge in [0.15, 0.2) is 5.60 Å². The van der Waals surface area contributed by atoms with Gasteiger partial charge >= 0.3 is 6.11 Å². The van der Waals surface area contributed by atoms with Crippen molar-refractivity contribution < 1.29 is 22.3 Å². The van der Waals surface area contributed by atoms with Crippen LogP contribution in [-0.2, 0) is 4.74 Å². The van der Waals surface area contributed by atoms with Crippen molar-refractivity contribution in [1.82, 2.24) is 0 Å². The van der Waals surface area contributed by atoms with Crippen LogP contribution in [0.15, 0.2) is 0 Å². The van der Waals surface area contributed by atoms with Gasteiger partial charge in [-0.05, 0) is 0 Å². The third kappa shape index (κ3) is 0.563. The highest BCUT2D eigenvalue weighted by Crippen LogP contribution is 2.67. The predicted molar refractivity (Wildman–Crippen MR) is 22.9 cm³/mol. The van der Waals surface area contributed by atoms with Crippen LogP contribution in [0.1, 0.15) is 12.8 Å². The molecule has 0 bridgehead atoms. The molecule has 2 aliphatic rings. The zero-order chi connectivity index (χ0) is 7.62. The fourth-order valence-electron chi connectivity index (χ4n) is 1.23. The number of rotatable bonds is 0. The summed E-state index contributed by atoms with van der Waals surface area (Å²) < 4.78 is 51.7. The van der Waals surface area contributed by atoms with Crippen molar-refractivity contribution in [1.29, 1.82) is 0 Å². The second-order valence-corrected chi connectivity index (χ2v) is 2.79. The number of halogens is 4. The average Bonchev–Trinajstić information content (AvgIpc) is 2.01. The molecular weight excluding hydrogens is 152 g/mol. The molecule has 0 aromatic heterocycles. The molecule has 1 spiro atoms. The highest BCUT2D eigenvalue weighted by molar-refractivity contribution is 5.19. The Morgan fingerprint density at radius 1 is 1.00 bits per heavy atom. The molecule has 0 aromatic carbocycles. The molecule has 1 aliphatic heterocycles. The molecule has 2 rings (SSSR count). The van der Waals surface area contributed by atoms with Crippen LogP contribution in [0.5, 0.6) is 0 Å². The lowest BCUT2D eigenvalue weighted by molar-refractivity contribution is -0.379. The topological polar surface area (TPSA) is 9.23 Å². The van der Waals surface area contributed by atoms with Gasteiger partial charge in [0, 0.05) is 6.42 Å². The van der Waals surface area contributed by atoms with Crippen LogP contribution in [-0.4, -0.2) is 17.6 Å². The van der Waals surface area contributed by atoms with Gasteiger partial charge in [-0.1, -0.05) is 0 Å². The number of alkyl halides is 4. The molecule has 1 heterocycles. The van der Waals surface area contributed by atoms with E-state index in [0.29, 0.717) is 0 Å². The van der Waals surface area contributed by atoms with E-state index < -0.39 is 30.5 Å². The Labute approximate surface area is 54.0 Å². The van der Waals surface area contributed by atoms with E-state index in [1.807, 2.05) is 0 Å². The Bertz CT molecular complexity index is 180. The zero-order valence-corrected chi connectivity index (χ0v) is 4.83. The van der Waals surface area contributed by atoms with Crippen molar-refractivity contribution in [2.45, 2.75) is 30.5 Å². The van der Waals surface area contributed by atoms with Crippen LogP contribution in [0.3, 0.4) is 0 Å². The Kier molecular flexibility index (Phi) is 0.765. The lowest BCUT2D eigenvalue weighted by atomic mass is 10.1. The molecule has 1 aliphatic carbocycles. The molecule has 0 amide bonds. The van der Waals surface area contributed by atoms with Crippen LogP contribution in [0.25, 0.3) is 0 Å². The standard InChI is InChI=1S/C5H4F4O/c6-4(7)1-3(4)2-5(8,9)10-3/h1-2H2. The van der Waals surface area contributed by atoms with Gasteiger partial charge in [0.05, 0.1) is 6.42 Å². The van der Waals surface area contributed by atoms with Gasteiger partial charge in [-0.15, -0.1) is 0 Å². The first-order valence-electron chi connectivity index (χ1n) is 2.83. The lowest BCUT2D eigenvalue weighted by Gasteiger charge is -2.35. The Balaban J connectivity index is 2.05. The Morgan fingerprint density at radius 3 is 1.50 bits per heavy atom. The summed E-state index contributed by atoms with van der Waals surface area (Å²) in [5.41, 5.74) is -1.78. The number of ether oxygens (including phenoxy) is 1. The van der Waals surface area contributed by atoms with Crippen LogP contribution in [0.4, 0.5) is 17.6 Å². The summed E-state index contributed by atoms with van der Waals surface area (Å²) in [7, 11) is 0. The summed E-state index contributed by atoms with van der Waals surface area (Å²) in [5, 5.41) is 0. The molecule has 1 nitrogen and oxygen atoms in total. The van der Waals surface area contributed by atoms with Crippen LogP contribution in [0.2, 0.25) is 0 Å². The Morgan fingerprint density at radius 2 is 1.40 bits per heavy atom. The fourth-order valence-corrected chi connectivity index (χ4v) is 1.23. The molecule has 5 heteroatoms. The summed E-state index contributed by atoms with van der Waals surface area (Å²) >= 11 is 0. The maximum atomic E-state index is 12.1. The first-order chi connectivity index (χ1) is 4.37. The van der Waals surface area contributed by atoms with E-state index in [2.05, 4.69) is 4.74 Å². The SMILES string of the molecule is FC1(F)CC2(CC2(F)F)O1. The van der Waals surface area contributed by atoms with Crippen molar-refractivity contribution >= 4 is 0 Å². The highest BCUT2D eigenvalue weighted by atomic mass is 19.3. The maximum Gasteiger partial charge on any atom is 0.359 e. The largest absolute Gasteiger partial charge is 0.359 e. The van der Waals surface area contributed by atoms with Gasteiger partial charge in [0.1, 0.15) is 0 Å². The van der Waals surface area contributed by atoms with Gasteiger partial charge in [0.2, 0.25) is 0 Å². The number of hydrogen-bond donors (Lipinski definition) is 0. The van der Waals surface area contributed by atoms with Gasteiger partial charge in [0.25, 0.3) is 5.92 Å². The fraction of sp³-hybridized carbons (Fsp3) is 1.00. The van der Waals surface area contributed by atoms with Crippen molar-refractivity contribution in [3.8, 4) is 0 Å². The zero-order valence-electron chi connectivity index (χ0n) is 4.83. The normalized spacial score (nSPS) is 46.8. The van der Waals surface area contributed by atoms with Crippen LogP contribution >= 0.6 is 0 Å². The molecule has 0 aromatic rings. The highest BCUT2D eigenvalue weighted by Gasteiger charge is 2.83. The van der Waals surface area contributed by atoms with Crippen molar-refractivity contribution in [3.63, 3.8) is 0 Å². The van der Waals surface area contributed by atoms with Gasteiger partial charge in [-0.25, -0.2) is 8.78 Å². The summed E-state index contributed by atoms with van der Waals surface area (Å²) in [6.45, 7) is 0. The summed E-state index contributed by atoms with van der Waals surface area (Å²) in [6, 6.07) is 0. The molecule has 0 N–H and O–H groups in total. The van der Waals surface area contributed by atoms with Gasteiger partial charge in [-0.3, -0.25) is 0 Å². The second-order valence-electron chi connectivity index (χ2n) is 2.79. The molecule has 1 unspecified atom stereocenters. The van der Waals surface area contributed by atoms with E-state index in [4.69, 9.17) is 0 Å². The van der Waals surface area contributed by atoms with Gasteiger partial charge in [-0.2, -0.15) is 8.78 Å². The Hall–Kier alpha value is -0.320. The molecule has 1 atom stereocenters. The minimum Gasteiger partial charge on any atom is -0.307 e. The van der Waals surface area contributed by atoms with E-state index >= 15 is 0 Å². The maximum absolute atomic E-state index is 12.1. The molecule has 2 fully saturated rings. The smallest absolute Gasteiger partial charge is 0.307 e. The third-order valence-electron chi connectivity index (χ3n) is 1.89. The molecule has 10 heavy (non-hydrogen) atoms. The summed E-state index contributed by atoms with van der Waals surface area (Å²) in [4.78, 5) is 0. The molecule has 0 radical (unpaired) electrons. The van der Waals surface area contributed by atoms with Crippen LogP contribution < -0.4 is 0 Å². The summed E-state index contributed by atoms with van der Waals surface area (Å²) in [6.07, 6.45) is -4.68.